The summed E-state index contributed by atoms with van der Waals surface area (Å²) in [6.45, 7) is 0. The predicted octanol–water partition coefficient (Wildman–Crippen LogP) is 0.743. The van der Waals surface area contributed by atoms with Gasteiger partial charge in [0.1, 0.15) is 0 Å². The number of rotatable bonds is 1. The summed E-state index contributed by atoms with van der Waals surface area (Å²) in [4.78, 5) is 10.0. The zero-order valence-corrected chi connectivity index (χ0v) is 7.99. The van der Waals surface area contributed by atoms with Crippen LogP contribution in [0.1, 0.15) is 10.4 Å². The van der Waals surface area contributed by atoms with Crippen LogP contribution in [0.3, 0.4) is 0 Å². The van der Waals surface area contributed by atoms with E-state index in [-0.39, 0.29) is 22.4 Å². The Balaban J connectivity index is 0.00000196. The Morgan fingerprint density at radius 1 is 0.800 bits per heavy atom. The third kappa shape index (κ3) is 2.19. The smallest absolute Gasteiger partial charge is 0.545 e. The fraction of sp³-hybridized carbons (Fsp3) is 0. The summed E-state index contributed by atoms with van der Waals surface area (Å²) in [6, 6.07) is 0. The molecule has 0 radical (unpaired) electrons. The molecule has 0 heterocycles. The average molecular weight is 319 g/mol. The number of halogens is 5. The monoisotopic (exact) mass is 318 g/mol. The van der Waals surface area contributed by atoms with E-state index in [2.05, 4.69) is 0 Å². The van der Waals surface area contributed by atoms with Crippen molar-refractivity contribution in [1.29, 1.82) is 0 Å². The van der Waals surface area contributed by atoms with Crippen LogP contribution in [-0.4, -0.2) is 5.97 Å². The molecule has 0 fully saturated rings. The average Bonchev–Trinajstić information content (AvgIpc) is 2.11. The number of benzene rings is 1. The molecule has 0 spiro atoms. The van der Waals surface area contributed by atoms with E-state index in [9.17, 15) is 31.9 Å². The molecule has 15 heavy (non-hydrogen) atoms. The normalized spacial score (nSPS) is 9.67. The molecular weight excluding hydrogens is 319 g/mol. The molecule has 0 aliphatic carbocycles. The Labute approximate surface area is 95.2 Å². The van der Waals surface area contributed by atoms with Crippen LogP contribution in [0.5, 0.6) is 0 Å². The van der Waals surface area contributed by atoms with E-state index < -0.39 is 40.6 Å². The molecule has 0 bridgehead atoms. The summed E-state index contributed by atoms with van der Waals surface area (Å²) < 4.78 is 62.0. The fourth-order valence-corrected chi connectivity index (χ4v) is 0.784. The molecule has 0 N–H and O–H groups in total. The number of aromatic carboxylic acids is 1. The van der Waals surface area contributed by atoms with Crippen molar-refractivity contribution in [2.24, 2.45) is 0 Å². The van der Waals surface area contributed by atoms with Gasteiger partial charge in [-0.05, 0) is 0 Å². The maximum atomic E-state index is 12.5. The molecule has 86 valence electrons. The van der Waals surface area contributed by atoms with Crippen LogP contribution >= 0.6 is 0 Å². The van der Waals surface area contributed by atoms with Crippen molar-refractivity contribution in [2.75, 3.05) is 0 Å². The predicted molar refractivity (Wildman–Crippen MR) is 30.6 cm³/mol. The molecule has 1 aromatic carbocycles. The fourth-order valence-electron chi connectivity index (χ4n) is 0.784. The van der Waals surface area contributed by atoms with Crippen LogP contribution in [0, 0.1) is 29.1 Å². The summed E-state index contributed by atoms with van der Waals surface area (Å²) in [5.41, 5.74) is -1.97. The summed E-state index contributed by atoms with van der Waals surface area (Å²) in [7, 11) is 0. The number of carbonyl (C=O) groups excluding carboxylic acids is 1. The van der Waals surface area contributed by atoms with Crippen molar-refractivity contribution in [3.63, 3.8) is 0 Å². The van der Waals surface area contributed by atoms with Crippen LogP contribution in [0.2, 0.25) is 0 Å². The van der Waals surface area contributed by atoms with E-state index in [0.717, 1.165) is 0 Å². The largest absolute Gasteiger partial charge is 1.00 e. The molecule has 0 unspecified atom stereocenters. The molecular formula is C7AgF5O2. The summed E-state index contributed by atoms with van der Waals surface area (Å²) in [5, 5.41) is 10.0. The van der Waals surface area contributed by atoms with Crippen LogP contribution in [0.4, 0.5) is 22.0 Å². The first kappa shape index (κ1) is 14.1. The molecule has 2 nitrogen and oxygen atoms in total. The van der Waals surface area contributed by atoms with Gasteiger partial charge in [-0.3, -0.25) is 0 Å². The second-order valence-electron chi connectivity index (χ2n) is 2.23. The minimum absolute atomic E-state index is 0. The second-order valence-corrected chi connectivity index (χ2v) is 2.23. The standard InChI is InChI=1S/C7HF5O2.Ag/c8-2-1(7(13)14)3(9)5(11)6(12)4(2)10;/h(H,13,14);/q;+1/p-1. The molecule has 0 atom stereocenters. The Bertz CT molecular complexity index is 391. The number of hydrogen-bond donors (Lipinski definition) is 0. The molecule has 0 aliphatic heterocycles. The molecule has 0 saturated heterocycles. The Kier molecular flexibility index (Phi) is 4.44. The number of carbonyl (C=O) groups is 1. The first-order valence-electron chi connectivity index (χ1n) is 3.10. The van der Waals surface area contributed by atoms with Crippen LogP contribution in [0.25, 0.3) is 0 Å². The number of hydrogen-bond acceptors (Lipinski definition) is 2. The van der Waals surface area contributed by atoms with Crippen molar-refractivity contribution in [3.05, 3.63) is 34.6 Å². The van der Waals surface area contributed by atoms with E-state index in [0.29, 0.717) is 0 Å². The van der Waals surface area contributed by atoms with E-state index in [1.54, 1.807) is 0 Å². The van der Waals surface area contributed by atoms with Crippen LogP contribution in [-0.2, 0) is 22.4 Å². The van der Waals surface area contributed by atoms with E-state index in [1.807, 2.05) is 0 Å². The third-order valence-electron chi connectivity index (χ3n) is 1.41. The molecule has 0 saturated carbocycles. The quantitative estimate of drug-likeness (QED) is 0.332. The zero-order chi connectivity index (χ0) is 11.0. The molecule has 0 aromatic heterocycles. The third-order valence-corrected chi connectivity index (χ3v) is 1.41. The van der Waals surface area contributed by atoms with Gasteiger partial charge in [0.15, 0.2) is 23.3 Å². The van der Waals surface area contributed by atoms with Gasteiger partial charge in [-0.1, -0.05) is 0 Å². The van der Waals surface area contributed by atoms with Gasteiger partial charge in [0.2, 0.25) is 5.82 Å². The van der Waals surface area contributed by atoms with Gasteiger partial charge >= 0.3 is 22.4 Å². The molecule has 0 aliphatic rings. The maximum Gasteiger partial charge on any atom is 1.00 e. The molecule has 0 amide bonds. The minimum atomic E-state index is -2.47. The Morgan fingerprint density at radius 2 is 1.07 bits per heavy atom. The van der Waals surface area contributed by atoms with Gasteiger partial charge < -0.3 is 9.90 Å². The Hall–Kier alpha value is -0.920. The van der Waals surface area contributed by atoms with Gasteiger partial charge in [0.05, 0.1) is 11.5 Å². The van der Waals surface area contributed by atoms with Crippen molar-refractivity contribution in [3.8, 4) is 0 Å². The van der Waals surface area contributed by atoms with Gasteiger partial charge in [0.25, 0.3) is 0 Å². The van der Waals surface area contributed by atoms with Crippen LogP contribution in [0.15, 0.2) is 0 Å². The van der Waals surface area contributed by atoms with Gasteiger partial charge in [-0.25, -0.2) is 22.0 Å². The zero-order valence-electron chi connectivity index (χ0n) is 6.51. The van der Waals surface area contributed by atoms with Gasteiger partial charge in [-0.2, -0.15) is 0 Å². The summed E-state index contributed by atoms with van der Waals surface area (Å²) in [6.07, 6.45) is 0. The number of carboxylic acid groups (broad SMARTS) is 1. The summed E-state index contributed by atoms with van der Waals surface area (Å²) >= 11 is 0. The Morgan fingerprint density at radius 3 is 1.33 bits per heavy atom. The van der Waals surface area contributed by atoms with E-state index in [4.69, 9.17) is 0 Å². The molecule has 1 rings (SSSR count). The molecule has 1 aromatic rings. The molecule has 8 heteroatoms. The first-order valence-corrected chi connectivity index (χ1v) is 3.10. The minimum Gasteiger partial charge on any atom is -0.545 e. The van der Waals surface area contributed by atoms with Gasteiger partial charge in [-0.15, -0.1) is 0 Å². The van der Waals surface area contributed by atoms with E-state index >= 15 is 0 Å². The van der Waals surface area contributed by atoms with Gasteiger partial charge in [0, 0.05) is 0 Å². The van der Waals surface area contributed by atoms with Crippen molar-refractivity contribution in [1.82, 2.24) is 0 Å². The van der Waals surface area contributed by atoms with Crippen molar-refractivity contribution < 1.29 is 54.2 Å². The number of carboxylic acids is 1. The first-order chi connectivity index (χ1) is 6.37. The SMILES string of the molecule is O=C([O-])c1c(F)c(F)c(F)c(F)c1F.[Ag+]. The van der Waals surface area contributed by atoms with Crippen LogP contribution < -0.4 is 5.11 Å². The summed E-state index contributed by atoms with van der Waals surface area (Å²) in [5.74, 6) is -14.4. The van der Waals surface area contributed by atoms with Crippen molar-refractivity contribution in [2.45, 2.75) is 0 Å². The maximum absolute atomic E-state index is 12.5. The van der Waals surface area contributed by atoms with Crippen molar-refractivity contribution >= 4 is 5.97 Å². The second kappa shape index (κ2) is 4.73. The van der Waals surface area contributed by atoms with E-state index in [1.165, 1.54) is 0 Å². The topological polar surface area (TPSA) is 40.1 Å².